The van der Waals surface area contributed by atoms with Crippen molar-refractivity contribution in [2.45, 2.75) is 24.7 Å². The quantitative estimate of drug-likeness (QED) is 0.586. The number of thioether (sulfide) groups is 1. The van der Waals surface area contributed by atoms with Crippen LogP contribution in [-0.2, 0) is 6.42 Å². The van der Waals surface area contributed by atoms with Crippen molar-refractivity contribution in [3.05, 3.63) is 65.2 Å². The number of rotatable bonds is 5. The first kappa shape index (κ1) is 13.9. The Morgan fingerprint density at radius 3 is 2.47 bits per heavy atom. The van der Waals surface area contributed by atoms with Crippen LogP contribution in [-0.4, -0.2) is 12.0 Å². The average Bonchev–Trinajstić information content (AvgIpc) is 2.45. The molecule has 0 bridgehead atoms. The summed E-state index contributed by atoms with van der Waals surface area (Å²) in [5.74, 6) is 0.231. The molecule has 0 amide bonds. The van der Waals surface area contributed by atoms with Gasteiger partial charge in [0.25, 0.3) is 0 Å². The molecule has 0 radical (unpaired) electrons. The molecule has 0 saturated heterocycles. The molecule has 0 aliphatic carbocycles. The van der Waals surface area contributed by atoms with E-state index in [1.165, 1.54) is 10.5 Å². The first-order chi connectivity index (χ1) is 9.22. The fourth-order valence-electron chi connectivity index (χ4n) is 2.18. The van der Waals surface area contributed by atoms with Crippen LogP contribution >= 0.6 is 11.8 Å². The lowest BCUT2D eigenvalue weighted by atomic mass is 9.99. The van der Waals surface area contributed by atoms with Gasteiger partial charge in [0, 0.05) is 16.9 Å². The van der Waals surface area contributed by atoms with Crippen LogP contribution in [0.25, 0.3) is 0 Å². The Morgan fingerprint density at radius 1 is 1.05 bits per heavy atom. The second-order valence-corrected chi connectivity index (χ2v) is 5.40. The van der Waals surface area contributed by atoms with Crippen LogP contribution in [0.2, 0.25) is 0 Å². The summed E-state index contributed by atoms with van der Waals surface area (Å²) in [4.78, 5) is 13.5. The van der Waals surface area contributed by atoms with Crippen molar-refractivity contribution >= 4 is 17.5 Å². The summed E-state index contributed by atoms with van der Waals surface area (Å²) >= 11 is 1.73. The summed E-state index contributed by atoms with van der Waals surface area (Å²) in [6.45, 7) is 1.99. The lowest BCUT2D eigenvalue weighted by Crippen LogP contribution is -2.03. The Bertz CT molecular complexity index is 575. The molecular formula is C17H18OS. The van der Waals surface area contributed by atoms with Crippen molar-refractivity contribution in [1.29, 1.82) is 0 Å². The van der Waals surface area contributed by atoms with E-state index < -0.39 is 0 Å². The molecule has 2 rings (SSSR count). The molecule has 0 aromatic heterocycles. The van der Waals surface area contributed by atoms with Gasteiger partial charge in [-0.05, 0) is 36.8 Å². The molecule has 0 fully saturated rings. The minimum atomic E-state index is 0.231. The number of carbonyl (C=O) groups excluding carboxylic acids is 1. The molecule has 0 unspecified atom stereocenters. The van der Waals surface area contributed by atoms with Crippen LogP contribution in [0.15, 0.2) is 53.4 Å². The van der Waals surface area contributed by atoms with Crippen LogP contribution in [0.4, 0.5) is 0 Å². The monoisotopic (exact) mass is 270 g/mol. The standard InChI is InChI=1S/C17H18OS/c1-13-7-3-5-9-15(13)16(18)12-11-14-8-4-6-10-17(14)19-2/h3-10H,11-12H2,1-2H3. The molecule has 2 aromatic rings. The van der Waals surface area contributed by atoms with Crippen LogP contribution in [0.1, 0.15) is 27.9 Å². The number of ketones is 1. The third-order valence-corrected chi connectivity index (χ3v) is 4.10. The minimum Gasteiger partial charge on any atom is -0.294 e. The fourth-order valence-corrected chi connectivity index (χ4v) is 2.83. The molecule has 2 aromatic carbocycles. The number of aryl methyl sites for hydroxylation is 2. The number of carbonyl (C=O) groups is 1. The minimum absolute atomic E-state index is 0.231. The third-order valence-electron chi connectivity index (χ3n) is 3.26. The molecule has 2 heteroatoms. The number of benzene rings is 2. The largest absolute Gasteiger partial charge is 0.294 e. The molecule has 0 aliphatic heterocycles. The van der Waals surface area contributed by atoms with E-state index in [4.69, 9.17) is 0 Å². The lowest BCUT2D eigenvalue weighted by Gasteiger charge is -2.07. The molecule has 0 aliphatic rings. The summed E-state index contributed by atoms with van der Waals surface area (Å²) in [7, 11) is 0. The molecular weight excluding hydrogens is 252 g/mol. The highest BCUT2D eigenvalue weighted by atomic mass is 32.2. The number of hydrogen-bond acceptors (Lipinski definition) is 2. The van der Waals surface area contributed by atoms with E-state index in [2.05, 4.69) is 18.4 Å². The van der Waals surface area contributed by atoms with Gasteiger partial charge in [-0.1, -0.05) is 42.5 Å². The van der Waals surface area contributed by atoms with Gasteiger partial charge in [0.15, 0.2) is 5.78 Å². The Labute approximate surface area is 119 Å². The number of Topliss-reactive ketones (excluding diaryl/α,β-unsaturated/α-hetero) is 1. The Balaban J connectivity index is 2.07. The highest BCUT2D eigenvalue weighted by Gasteiger charge is 2.09. The van der Waals surface area contributed by atoms with Crippen LogP contribution < -0.4 is 0 Å². The van der Waals surface area contributed by atoms with Gasteiger partial charge in [-0.2, -0.15) is 0 Å². The first-order valence-corrected chi connectivity index (χ1v) is 7.65. The molecule has 0 heterocycles. The van der Waals surface area contributed by atoms with E-state index >= 15 is 0 Å². The zero-order chi connectivity index (χ0) is 13.7. The van der Waals surface area contributed by atoms with Gasteiger partial charge in [0.2, 0.25) is 0 Å². The highest BCUT2D eigenvalue weighted by Crippen LogP contribution is 2.22. The summed E-state index contributed by atoms with van der Waals surface area (Å²) in [6.07, 6.45) is 3.45. The van der Waals surface area contributed by atoms with E-state index in [-0.39, 0.29) is 5.78 Å². The molecule has 0 N–H and O–H groups in total. The van der Waals surface area contributed by atoms with Gasteiger partial charge in [0.1, 0.15) is 0 Å². The molecule has 98 valence electrons. The van der Waals surface area contributed by atoms with E-state index in [1.807, 2.05) is 43.3 Å². The second kappa shape index (κ2) is 6.58. The van der Waals surface area contributed by atoms with Gasteiger partial charge < -0.3 is 0 Å². The molecule has 0 atom stereocenters. The average molecular weight is 270 g/mol. The smallest absolute Gasteiger partial charge is 0.163 e. The van der Waals surface area contributed by atoms with Crippen molar-refractivity contribution in [2.24, 2.45) is 0 Å². The molecule has 1 nitrogen and oxygen atoms in total. The maximum atomic E-state index is 12.2. The molecule has 19 heavy (non-hydrogen) atoms. The van der Waals surface area contributed by atoms with Gasteiger partial charge in [-0.15, -0.1) is 11.8 Å². The normalized spacial score (nSPS) is 10.4. The first-order valence-electron chi connectivity index (χ1n) is 6.43. The highest BCUT2D eigenvalue weighted by molar-refractivity contribution is 7.98. The van der Waals surface area contributed by atoms with Gasteiger partial charge in [0.05, 0.1) is 0 Å². The Hall–Kier alpha value is -1.54. The van der Waals surface area contributed by atoms with Gasteiger partial charge >= 0.3 is 0 Å². The lowest BCUT2D eigenvalue weighted by molar-refractivity contribution is 0.0982. The summed E-state index contributed by atoms with van der Waals surface area (Å²) in [6, 6.07) is 16.1. The zero-order valence-corrected chi connectivity index (χ0v) is 12.2. The van der Waals surface area contributed by atoms with E-state index in [0.717, 1.165) is 17.5 Å². The Morgan fingerprint density at radius 2 is 1.74 bits per heavy atom. The fraction of sp³-hybridized carbons (Fsp3) is 0.235. The zero-order valence-electron chi connectivity index (χ0n) is 11.3. The van der Waals surface area contributed by atoms with Gasteiger partial charge in [-0.25, -0.2) is 0 Å². The number of hydrogen-bond donors (Lipinski definition) is 0. The Kier molecular flexibility index (Phi) is 4.80. The molecule has 0 saturated carbocycles. The summed E-state index contributed by atoms with van der Waals surface area (Å²) in [5, 5.41) is 0. The second-order valence-electron chi connectivity index (χ2n) is 4.55. The van der Waals surface area contributed by atoms with E-state index in [9.17, 15) is 4.79 Å². The van der Waals surface area contributed by atoms with Crippen molar-refractivity contribution in [2.75, 3.05) is 6.26 Å². The van der Waals surface area contributed by atoms with Crippen molar-refractivity contribution in [3.8, 4) is 0 Å². The van der Waals surface area contributed by atoms with Crippen LogP contribution in [0.3, 0.4) is 0 Å². The van der Waals surface area contributed by atoms with E-state index in [0.29, 0.717) is 6.42 Å². The van der Waals surface area contributed by atoms with Crippen molar-refractivity contribution in [3.63, 3.8) is 0 Å². The van der Waals surface area contributed by atoms with E-state index in [1.54, 1.807) is 11.8 Å². The van der Waals surface area contributed by atoms with Crippen molar-refractivity contribution < 1.29 is 4.79 Å². The summed E-state index contributed by atoms with van der Waals surface area (Å²) < 4.78 is 0. The van der Waals surface area contributed by atoms with Crippen molar-refractivity contribution in [1.82, 2.24) is 0 Å². The predicted octanol–water partition coefficient (Wildman–Crippen LogP) is 4.53. The predicted molar refractivity (Wildman–Crippen MR) is 82.1 cm³/mol. The topological polar surface area (TPSA) is 17.1 Å². The van der Waals surface area contributed by atoms with Gasteiger partial charge in [-0.3, -0.25) is 4.79 Å². The van der Waals surface area contributed by atoms with Crippen LogP contribution in [0, 0.1) is 6.92 Å². The molecule has 0 spiro atoms. The maximum Gasteiger partial charge on any atom is 0.163 e. The maximum absolute atomic E-state index is 12.2. The summed E-state index contributed by atoms with van der Waals surface area (Å²) in [5.41, 5.74) is 3.17. The third kappa shape index (κ3) is 3.48. The van der Waals surface area contributed by atoms with Crippen LogP contribution in [0.5, 0.6) is 0 Å². The SMILES string of the molecule is CSc1ccccc1CCC(=O)c1ccccc1C.